The minimum absolute atomic E-state index is 0.0893. The van der Waals surface area contributed by atoms with Gasteiger partial charge in [0.05, 0.1) is 5.56 Å². The summed E-state index contributed by atoms with van der Waals surface area (Å²) in [5.74, 6) is -0.438. The lowest BCUT2D eigenvalue weighted by molar-refractivity contribution is -0.109. The summed E-state index contributed by atoms with van der Waals surface area (Å²) in [4.78, 5) is 24.9. The van der Waals surface area contributed by atoms with Crippen molar-refractivity contribution in [3.63, 3.8) is 0 Å². The number of ether oxygens (including phenoxy) is 1. The summed E-state index contributed by atoms with van der Waals surface area (Å²) in [6, 6.07) is 38.3. The highest BCUT2D eigenvalue weighted by Gasteiger charge is 2.27. The fourth-order valence-corrected chi connectivity index (χ4v) is 6.57. The zero-order chi connectivity index (χ0) is 24.5. The summed E-state index contributed by atoms with van der Waals surface area (Å²) in [7, 11) is -0.951. The second-order valence-corrected chi connectivity index (χ2v) is 10.7. The molecule has 3 nitrogen and oxygen atoms in total. The van der Waals surface area contributed by atoms with Crippen LogP contribution in [0.1, 0.15) is 29.3 Å². The number of carbonyl (C=O) groups is 2. The second kappa shape index (κ2) is 12.2. The molecule has 0 bridgehead atoms. The molecule has 0 saturated heterocycles. The van der Waals surface area contributed by atoms with Crippen LogP contribution in [0.3, 0.4) is 0 Å². The molecule has 35 heavy (non-hydrogen) atoms. The monoisotopic (exact) mass is 480 g/mol. The van der Waals surface area contributed by atoms with Crippen LogP contribution in [-0.2, 0) is 16.0 Å². The van der Waals surface area contributed by atoms with E-state index < -0.39 is 14.0 Å². The van der Waals surface area contributed by atoms with Crippen molar-refractivity contribution in [3.8, 4) is 0 Å². The van der Waals surface area contributed by atoms with Crippen LogP contribution in [0, 0.1) is 5.92 Å². The van der Waals surface area contributed by atoms with Crippen LogP contribution in [0.15, 0.2) is 115 Å². The molecule has 2 atom stereocenters. The van der Waals surface area contributed by atoms with Gasteiger partial charge in [-0.15, -0.1) is 0 Å². The first kappa shape index (κ1) is 24.6. The Hall–Kier alpha value is -3.55. The van der Waals surface area contributed by atoms with E-state index in [0.717, 1.165) is 17.2 Å². The van der Waals surface area contributed by atoms with Crippen LogP contribution in [0.5, 0.6) is 0 Å². The zero-order valence-corrected chi connectivity index (χ0v) is 20.7. The third-order valence-corrected chi connectivity index (χ3v) is 8.54. The highest BCUT2D eigenvalue weighted by molar-refractivity contribution is 7.80. The Kier molecular flexibility index (Phi) is 8.59. The van der Waals surface area contributed by atoms with E-state index in [-0.39, 0.29) is 11.9 Å². The number of carbonyl (C=O) groups excluding carboxylic acids is 2. The smallest absolute Gasteiger partial charge is 0.339 e. The van der Waals surface area contributed by atoms with Crippen LogP contribution in [0.4, 0.5) is 0 Å². The third kappa shape index (κ3) is 6.32. The maximum Gasteiger partial charge on any atom is 0.339 e. The molecule has 4 heteroatoms. The molecule has 4 aromatic carbocycles. The molecule has 0 radical (unpaired) electrons. The summed E-state index contributed by atoms with van der Waals surface area (Å²) in [5, 5.41) is 3.31. The lowest BCUT2D eigenvalue weighted by Crippen LogP contribution is -2.31. The molecular weight excluding hydrogens is 451 g/mol. The number of benzene rings is 4. The molecule has 0 fully saturated rings. The van der Waals surface area contributed by atoms with Crippen LogP contribution in [-0.4, -0.2) is 18.4 Å². The number of hydrogen-bond donors (Lipinski definition) is 0. The first-order valence-electron chi connectivity index (χ1n) is 11.8. The van der Waals surface area contributed by atoms with Crippen LogP contribution in [0.25, 0.3) is 0 Å². The summed E-state index contributed by atoms with van der Waals surface area (Å²) >= 11 is 0. The Morgan fingerprint density at radius 3 is 1.86 bits per heavy atom. The predicted molar refractivity (Wildman–Crippen MR) is 144 cm³/mol. The third-order valence-electron chi connectivity index (χ3n) is 6.03. The molecule has 4 rings (SSSR count). The number of aldehydes is 1. The molecule has 0 unspecified atom stereocenters. The van der Waals surface area contributed by atoms with Gasteiger partial charge in [0.2, 0.25) is 0 Å². The SMILES string of the molecule is C[C@@H](CC=O)[C@H](Cc1ccccc1)OC(=O)c1ccccc1P(c1ccccc1)c1ccccc1. The van der Waals surface area contributed by atoms with E-state index in [2.05, 4.69) is 24.3 Å². The van der Waals surface area contributed by atoms with Crippen LogP contribution >= 0.6 is 7.92 Å². The molecule has 0 N–H and O–H groups in total. The van der Waals surface area contributed by atoms with Gasteiger partial charge in [0, 0.05) is 18.8 Å². The maximum atomic E-state index is 13.6. The van der Waals surface area contributed by atoms with E-state index in [1.165, 1.54) is 10.6 Å². The molecule has 0 aliphatic rings. The average molecular weight is 481 g/mol. The molecule has 0 heterocycles. The Morgan fingerprint density at radius 1 is 0.771 bits per heavy atom. The molecule has 0 aliphatic carbocycles. The summed E-state index contributed by atoms with van der Waals surface area (Å²) in [6.45, 7) is 1.96. The fourth-order valence-electron chi connectivity index (χ4n) is 4.13. The summed E-state index contributed by atoms with van der Waals surface area (Å²) in [6.07, 6.45) is 1.40. The average Bonchev–Trinajstić information content (AvgIpc) is 2.91. The molecule has 0 saturated carbocycles. The molecule has 0 aromatic heterocycles. The van der Waals surface area contributed by atoms with Crippen molar-refractivity contribution in [3.05, 3.63) is 126 Å². The highest BCUT2D eigenvalue weighted by Crippen LogP contribution is 2.34. The molecule has 0 amide bonds. The Labute approximate surface area is 208 Å². The Balaban J connectivity index is 1.69. The number of hydrogen-bond acceptors (Lipinski definition) is 3. The van der Waals surface area contributed by atoms with E-state index in [1.807, 2.05) is 97.9 Å². The quantitative estimate of drug-likeness (QED) is 0.173. The Bertz CT molecular complexity index is 1190. The highest BCUT2D eigenvalue weighted by atomic mass is 31.1. The zero-order valence-electron chi connectivity index (χ0n) is 19.8. The van der Waals surface area contributed by atoms with Gasteiger partial charge in [-0.25, -0.2) is 4.79 Å². The van der Waals surface area contributed by atoms with Gasteiger partial charge in [0.25, 0.3) is 0 Å². The molecule has 4 aromatic rings. The van der Waals surface area contributed by atoms with Crippen LogP contribution < -0.4 is 15.9 Å². The second-order valence-electron chi connectivity index (χ2n) is 8.54. The minimum atomic E-state index is -0.951. The first-order chi connectivity index (χ1) is 17.2. The van der Waals surface area contributed by atoms with Gasteiger partial charge in [0.1, 0.15) is 12.4 Å². The topological polar surface area (TPSA) is 43.4 Å². The van der Waals surface area contributed by atoms with Gasteiger partial charge in [-0.1, -0.05) is 116 Å². The van der Waals surface area contributed by atoms with Crippen molar-refractivity contribution in [1.29, 1.82) is 0 Å². The lowest BCUT2D eigenvalue weighted by Gasteiger charge is -2.25. The maximum absolute atomic E-state index is 13.6. The van der Waals surface area contributed by atoms with Gasteiger partial charge < -0.3 is 9.53 Å². The van der Waals surface area contributed by atoms with Crippen molar-refractivity contribution in [2.75, 3.05) is 0 Å². The molecule has 0 aliphatic heterocycles. The molecular formula is C31H29O3P. The van der Waals surface area contributed by atoms with E-state index in [9.17, 15) is 9.59 Å². The van der Waals surface area contributed by atoms with Gasteiger partial charge >= 0.3 is 5.97 Å². The Morgan fingerprint density at radius 2 is 1.29 bits per heavy atom. The largest absolute Gasteiger partial charge is 0.458 e. The van der Waals surface area contributed by atoms with E-state index in [0.29, 0.717) is 18.4 Å². The van der Waals surface area contributed by atoms with Crippen molar-refractivity contribution in [2.24, 2.45) is 5.92 Å². The van der Waals surface area contributed by atoms with Crippen molar-refractivity contribution < 1.29 is 14.3 Å². The summed E-state index contributed by atoms with van der Waals surface area (Å²) in [5.41, 5.74) is 1.65. The first-order valence-corrected chi connectivity index (χ1v) is 13.2. The van der Waals surface area contributed by atoms with Crippen molar-refractivity contribution >= 4 is 36.1 Å². The van der Waals surface area contributed by atoms with Crippen molar-refractivity contribution in [1.82, 2.24) is 0 Å². The van der Waals surface area contributed by atoms with Crippen LogP contribution in [0.2, 0.25) is 0 Å². The van der Waals surface area contributed by atoms with E-state index in [1.54, 1.807) is 0 Å². The summed E-state index contributed by atoms with van der Waals surface area (Å²) < 4.78 is 6.13. The predicted octanol–water partition coefficient (Wildman–Crippen LogP) is 5.44. The molecule has 0 spiro atoms. The van der Waals surface area contributed by atoms with E-state index >= 15 is 0 Å². The normalized spacial score (nSPS) is 12.6. The van der Waals surface area contributed by atoms with E-state index in [4.69, 9.17) is 4.74 Å². The van der Waals surface area contributed by atoms with Gasteiger partial charge in [-0.05, 0) is 35.5 Å². The van der Waals surface area contributed by atoms with Gasteiger partial charge in [-0.2, -0.15) is 0 Å². The number of rotatable bonds is 10. The lowest BCUT2D eigenvalue weighted by atomic mass is 9.95. The van der Waals surface area contributed by atoms with Gasteiger partial charge in [0.15, 0.2) is 0 Å². The standard InChI is InChI=1S/C31H29O3P/c1-24(21-22-32)29(23-25-13-5-2-6-14-25)34-31(33)28-19-11-12-20-30(28)35(26-15-7-3-8-16-26)27-17-9-4-10-18-27/h2-20,22,24,29H,21,23H2,1H3/t24-,29-/m0/s1. The number of esters is 1. The minimum Gasteiger partial charge on any atom is -0.458 e. The fraction of sp³-hybridized carbons (Fsp3) is 0.161. The molecule has 176 valence electrons. The van der Waals surface area contributed by atoms with Gasteiger partial charge in [-0.3, -0.25) is 0 Å². The van der Waals surface area contributed by atoms with Crippen molar-refractivity contribution in [2.45, 2.75) is 25.9 Å².